The van der Waals surface area contributed by atoms with Crippen LogP contribution in [0.25, 0.3) is 11.0 Å². The van der Waals surface area contributed by atoms with Gasteiger partial charge in [0.25, 0.3) is 5.91 Å². The fourth-order valence-electron chi connectivity index (χ4n) is 3.53. The molecule has 0 bridgehead atoms. The Morgan fingerprint density at radius 1 is 0.886 bits per heavy atom. The number of fused-ring (bicyclic) bond motifs is 1. The Morgan fingerprint density at radius 3 is 2.23 bits per heavy atom. The third-order valence-electron chi connectivity index (χ3n) is 5.70. The Kier molecular flexibility index (Phi) is 8.89. The largest absolute Gasteiger partial charge is 0.451 e. The van der Waals surface area contributed by atoms with Crippen LogP contribution in [0.5, 0.6) is 0 Å². The lowest BCUT2D eigenvalue weighted by Gasteiger charge is -2.25. The molecule has 3 aromatic rings. The number of hydrogen-bond donors (Lipinski definition) is 3. The molecule has 0 spiro atoms. The molecular formula is C27H33N3O5. The van der Waals surface area contributed by atoms with Crippen LogP contribution in [0.4, 0.5) is 4.79 Å². The van der Waals surface area contributed by atoms with Crippen LogP contribution in [0.3, 0.4) is 0 Å². The Morgan fingerprint density at radius 2 is 1.57 bits per heavy atom. The number of ether oxygens (including phenoxy) is 1. The molecule has 186 valence electrons. The maximum atomic E-state index is 12.9. The van der Waals surface area contributed by atoms with Crippen LogP contribution in [-0.4, -0.2) is 36.5 Å². The highest BCUT2D eigenvalue weighted by Gasteiger charge is 2.27. The zero-order chi connectivity index (χ0) is 25.4. The second-order valence-electron chi connectivity index (χ2n) is 9.15. The monoisotopic (exact) mass is 479 g/mol. The molecular weight excluding hydrogens is 446 g/mol. The third-order valence-corrected chi connectivity index (χ3v) is 5.70. The second kappa shape index (κ2) is 12.1. The molecule has 1 aromatic heterocycles. The van der Waals surface area contributed by atoms with Crippen LogP contribution < -0.4 is 16.0 Å². The minimum absolute atomic E-state index is 0.0462. The van der Waals surface area contributed by atoms with Gasteiger partial charge in [0.1, 0.15) is 18.2 Å². The number of furan rings is 1. The van der Waals surface area contributed by atoms with Crippen molar-refractivity contribution in [3.05, 3.63) is 72.0 Å². The zero-order valence-electron chi connectivity index (χ0n) is 20.5. The summed E-state index contributed by atoms with van der Waals surface area (Å²) in [4.78, 5) is 37.9. The minimum atomic E-state index is -0.780. The van der Waals surface area contributed by atoms with Crippen LogP contribution >= 0.6 is 0 Å². The number of nitrogens with one attached hydrogen (secondary N) is 3. The molecule has 8 heteroatoms. The molecule has 3 N–H and O–H groups in total. The van der Waals surface area contributed by atoms with Crippen molar-refractivity contribution in [3.63, 3.8) is 0 Å². The number of carbonyl (C=O) groups excluding carboxylic acids is 3. The predicted octanol–water partition coefficient (Wildman–Crippen LogP) is 4.25. The van der Waals surface area contributed by atoms with Crippen LogP contribution in [0.1, 0.15) is 43.8 Å². The lowest BCUT2D eigenvalue weighted by molar-refractivity contribution is -0.124. The fourth-order valence-corrected chi connectivity index (χ4v) is 3.53. The van der Waals surface area contributed by atoms with Crippen molar-refractivity contribution >= 4 is 28.9 Å². The van der Waals surface area contributed by atoms with E-state index in [1.165, 1.54) is 0 Å². The third kappa shape index (κ3) is 7.34. The van der Waals surface area contributed by atoms with Gasteiger partial charge in [0.2, 0.25) is 5.91 Å². The summed E-state index contributed by atoms with van der Waals surface area (Å²) in [5.74, 6) is -0.602. The minimum Gasteiger partial charge on any atom is -0.451 e. The summed E-state index contributed by atoms with van der Waals surface area (Å²) in [6.07, 6.45) is -0.665. The highest BCUT2D eigenvalue weighted by Crippen LogP contribution is 2.19. The van der Waals surface area contributed by atoms with Gasteiger partial charge in [-0.1, -0.05) is 76.2 Å². The highest BCUT2D eigenvalue weighted by molar-refractivity contribution is 5.96. The number of amides is 3. The van der Waals surface area contributed by atoms with Crippen LogP contribution in [0.15, 0.2) is 65.1 Å². The lowest BCUT2D eigenvalue weighted by Crippen LogP contribution is -2.53. The fraction of sp³-hybridized carbons (Fsp3) is 0.370. The van der Waals surface area contributed by atoms with Gasteiger partial charge in [0.15, 0.2) is 5.76 Å². The highest BCUT2D eigenvalue weighted by atomic mass is 16.5. The molecule has 0 aliphatic rings. The standard InChI is InChI=1S/C27H33N3O5/c1-17(2)21(29-25(31)23-14-20-12-8-9-13-22(20)35-23)15-28-26(32)24(18(3)4)30-27(33)34-16-19-10-6-5-7-11-19/h5-14,17-18,21,24H,15-16H2,1-4H3,(H,28,32)(H,29,31)(H,30,33). The van der Waals surface area contributed by atoms with Gasteiger partial charge in [-0.15, -0.1) is 0 Å². The van der Waals surface area contributed by atoms with Crippen LogP contribution in [-0.2, 0) is 16.1 Å². The van der Waals surface area contributed by atoms with Crippen LogP contribution in [0.2, 0.25) is 0 Å². The van der Waals surface area contributed by atoms with E-state index < -0.39 is 12.1 Å². The summed E-state index contributed by atoms with van der Waals surface area (Å²) in [7, 11) is 0. The van der Waals surface area contributed by atoms with E-state index in [4.69, 9.17) is 9.15 Å². The van der Waals surface area contributed by atoms with E-state index in [0.29, 0.717) is 5.58 Å². The normalized spacial score (nSPS) is 12.9. The Hall–Kier alpha value is -3.81. The van der Waals surface area contributed by atoms with Gasteiger partial charge in [-0.05, 0) is 29.5 Å². The predicted molar refractivity (Wildman–Crippen MR) is 134 cm³/mol. The van der Waals surface area contributed by atoms with Crippen molar-refractivity contribution < 1.29 is 23.5 Å². The molecule has 2 aromatic carbocycles. The molecule has 0 aliphatic carbocycles. The average molecular weight is 480 g/mol. The summed E-state index contributed by atoms with van der Waals surface area (Å²) < 4.78 is 10.9. The molecule has 0 saturated carbocycles. The molecule has 2 unspecified atom stereocenters. The molecule has 35 heavy (non-hydrogen) atoms. The Balaban J connectivity index is 1.54. The van der Waals surface area contributed by atoms with Gasteiger partial charge in [-0.3, -0.25) is 9.59 Å². The number of hydrogen-bond acceptors (Lipinski definition) is 5. The van der Waals surface area contributed by atoms with Gasteiger partial charge in [0.05, 0.1) is 0 Å². The van der Waals surface area contributed by atoms with Gasteiger partial charge in [-0.25, -0.2) is 4.79 Å². The molecule has 8 nitrogen and oxygen atoms in total. The number of benzene rings is 2. The number of para-hydroxylation sites is 1. The van der Waals surface area contributed by atoms with Crippen molar-refractivity contribution in [2.45, 2.75) is 46.4 Å². The van der Waals surface area contributed by atoms with Crippen molar-refractivity contribution in [1.29, 1.82) is 0 Å². The first-order chi connectivity index (χ1) is 16.7. The van der Waals surface area contributed by atoms with E-state index in [9.17, 15) is 14.4 Å². The molecule has 0 radical (unpaired) electrons. The van der Waals surface area contributed by atoms with E-state index in [1.807, 2.05) is 76.2 Å². The van der Waals surface area contributed by atoms with E-state index >= 15 is 0 Å². The smallest absolute Gasteiger partial charge is 0.408 e. The molecule has 3 amide bonds. The molecule has 3 rings (SSSR count). The first-order valence-electron chi connectivity index (χ1n) is 11.8. The molecule has 0 fully saturated rings. The summed E-state index contributed by atoms with van der Waals surface area (Å²) in [5.41, 5.74) is 1.49. The topological polar surface area (TPSA) is 110 Å². The van der Waals surface area contributed by atoms with Gasteiger partial charge in [-0.2, -0.15) is 0 Å². The van der Waals surface area contributed by atoms with Gasteiger partial charge < -0.3 is 25.1 Å². The average Bonchev–Trinajstić information content (AvgIpc) is 3.28. The molecule has 0 aliphatic heterocycles. The van der Waals surface area contributed by atoms with Crippen molar-refractivity contribution in [2.75, 3.05) is 6.54 Å². The maximum Gasteiger partial charge on any atom is 0.408 e. The van der Waals surface area contributed by atoms with Crippen molar-refractivity contribution in [2.24, 2.45) is 11.8 Å². The van der Waals surface area contributed by atoms with E-state index in [1.54, 1.807) is 12.1 Å². The molecule has 1 heterocycles. The van der Waals surface area contributed by atoms with E-state index in [-0.39, 0.29) is 48.6 Å². The quantitative estimate of drug-likeness (QED) is 0.403. The van der Waals surface area contributed by atoms with E-state index in [2.05, 4.69) is 16.0 Å². The van der Waals surface area contributed by atoms with Gasteiger partial charge in [0, 0.05) is 18.0 Å². The Labute approximate surface area is 205 Å². The van der Waals surface area contributed by atoms with E-state index in [0.717, 1.165) is 10.9 Å². The van der Waals surface area contributed by atoms with Crippen LogP contribution in [0, 0.1) is 11.8 Å². The molecule has 0 saturated heterocycles. The number of rotatable bonds is 10. The summed E-state index contributed by atoms with van der Waals surface area (Å²) in [5, 5.41) is 9.28. The second-order valence-corrected chi connectivity index (χ2v) is 9.15. The zero-order valence-corrected chi connectivity index (χ0v) is 20.5. The maximum absolute atomic E-state index is 12.9. The first-order valence-corrected chi connectivity index (χ1v) is 11.8. The van der Waals surface area contributed by atoms with Crippen molar-refractivity contribution in [1.82, 2.24) is 16.0 Å². The summed E-state index contributed by atoms with van der Waals surface area (Å²) in [6.45, 7) is 7.90. The summed E-state index contributed by atoms with van der Waals surface area (Å²) >= 11 is 0. The van der Waals surface area contributed by atoms with Gasteiger partial charge >= 0.3 is 6.09 Å². The number of alkyl carbamates (subject to hydrolysis) is 1. The first kappa shape index (κ1) is 25.8. The number of carbonyl (C=O) groups is 3. The van der Waals surface area contributed by atoms with Crippen molar-refractivity contribution in [3.8, 4) is 0 Å². The summed E-state index contributed by atoms with van der Waals surface area (Å²) in [6, 6.07) is 17.3. The molecule has 2 atom stereocenters. The Bertz CT molecular complexity index is 1110. The lowest BCUT2D eigenvalue weighted by atomic mass is 10.0. The SMILES string of the molecule is CC(C)C(CNC(=O)C(NC(=O)OCc1ccccc1)C(C)C)NC(=O)c1cc2ccccc2o1.